The highest BCUT2D eigenvalue weighted by Crippen LogP contribution is 2.17. The highest BCUT2D eigenvalue weighted by atomic mass is 16.3. The number of nitrogens with zero attached hydrogens (tertiary/aromatic N) is 1. The SMILES string of the molecule is CCCN(CC1CCNCC1)C(=O)c1ccoc1C. The standard InChI is InChI=1S/C15H24N2O2/c1-3-9-17(11-13-4-7-16-8-5-13)15(18)14-6-10-19-12(14)2/h6,10,13,16H,3-5,7-9,11H2,1-2H3. The molecule has 1 fully saturated rings. The third-order valence-corrected chi connectivity index (χ3v) is 3.81. The fourth-order valence-corrected chi connectivity index (χ4v) is 2.70. The van der Waals surface area contributed by atoms with Crippen LogP contribution in [0.25, 0.3) is 0 Å². The quantitative estimate of drug-likeness (QED) is 0.888. The van der Waals surface area contributed by atoms with Gasteiger partial charge in [-0.15, -0.1) is 0 Å². The Hall–Kier alpha value is -1.29. The summed E-state index contributed by atoms with van der Waals surface area (Å²) in [6.07, 6.45) is 4.92. The lowest BCUT2D eigenvalue weighted by atomic mass is 9.97. The minimum atomic E-state index is 0.117. The summed E-state index contributed by atoms with van der Waals surface area (Å²) in [6, 6.07) is 1.78. The van der Waals surface area contributed by atoms with Gasteiger partial charge in [0.25, 0.3) is 5.91 Å². The Morgan fingerprint density at radius 3 is 2.79 bits per heavy atom. The second-order valence-electron chi connectivity index (χ2n) is 5.34. The van der Waals surface area contributed by atoms with Gasteiger partial charge in [-0.25, -0.2) is 0 Å². The topological polar surface area (TPSA) is 45.5 Å². The van der Waals surface area contributed by atoms with Crippen molar-refractivity contribution in [2.24, 2.45) is 5.92 Å². The van der Waals surface area contributed by atoms with Crippen LogP contribution in [0.4, 0.5) is 0 Å². The molecule has 1 N–H and O–H groups in total. The van der Waals surface area contributed by atoms with Crippen LogP contribution in [0.5, 0.6) is 0 Å². The molecule has 4 nitrogen and oxygen atoms in total. The maximum absolute atomic E-state index is 12.5. The maximum Gasteiger partial charge on any atom is 0.257 e. The molecule has 1 aromatic heterocycles. The second kappa shape index (κ2) is 6.75. The molecule has 0 saturated carbocycles. The predicted molar refractivity (Wildman–Crippen MR) is 75.2 cm³/mol. The highest BCUT2D eigenvalue weighted by molar-refractivity contribution is 5.95. The minimum Gasteiger partial charge on any atom is -0.469 e. The van der Waals surface area contributed by atoms with Gasteiger partial charge >= 0.3 is 0 Å². The van der Waals surface area contributed by atoms with E-state index in [-0.39, 0.29) is 5.91 Å². The molecule has 1 aliphatic rings. The molecule has 0 aliphatic carbocycles. The van der Waals surface area contributed by atoms with Gasteiger partial charge in [0.05, 0.1) is 11.8 Å². The molecule has 0 atom stereocenters. The van der Waals surface area contributed by atoms with Gasteiger partial charge < -0.3 is 14.6 Å². The first-order valence-corrected chi connectivity index (χ1v) is 7.26. The maximum atomic E-state index is 12.5. The van der Waals surface area contributed by atoms with Crippen molar-refractivity contribution >= 4 is 5.91 Å². The van der Waals surface area contributed by atoms with Crippen LogP contribution in [-0.4, -0.2) is 37.0 Å². The molecule has 2 rings (SSSR count). The van der Waals surface area contributed by atoms with E-state index in [9.17, 15) is 4.79 Å². The number of carbonyl (C=O) groups is 1. The summed E-state index contributed by atoms with van der Waals surface area (Å²) in [5, 5.41) is 3.37. The lowest BCUT2D eigenvalue weighted by Gasteiger charge is -2.30. The van der Waals surface area contributed by atoms with Crippen molar-refractivity contribution in [3.63, 3.8) is 0 Å². The number of aryl methyl sites for hydroxylation is 1. The molecule has 0 bridgehead atoms. The Bertz CT molecular complexity index is 408. The van der Waals surface area contributed by atoms with Crippen LogP contribution in [0.2, 0.25) is 0 Å². The number of furan rings is 1. The summed E-state index contributed by atoms with van der Waals surface area (Å²) in [5.41, 5.74) is 0.711. The second-order valence-corrected chi connectivity index (χ2v) is 5.34. The van der Waals surface area contributed by atoms with Gasteiger partial charge in [0.15, 0.2) is 0 Å². The molecule has 106 valence electrons. The first-order valence-electron chi connectivity index (χ1n) is 7.26. The van der Waals surface area contributed by atoms with Crippen LogP contribution >= 0.6 is 0 Å². The molecule has 1 amide bonds. The van der Waals surface area contributed by atoms with Crippen molar-refractivity contribution in [1.29, 1.82) is 0 Å². The van der Waals surface area contributed by atoms with E-state index in [2.05, 4.69) is 12.2 Å². The number of amides is 1. The number of rotatable bonds is 5. The first kappa shape index (κ1) is 14.1. The Labute approximate surface area is 115 Å². The molecule has 0 aromatic carbocycles. The third-order valence-electron chi connectivity index (χ3n) is 3.81. The van der Waals surface area contributed by atoms with Gasteiger partial charge in [-0.3, -0.25) is 4.79 Å². The van der Waals surface area contributed by atoms with Gasteiger partial charge in [0.2, 0.25) is 0 Å². The van der Waals surface area contributed by atoms with E-state index in [1.165, 1.54) is 0 Å². The van der Waals surface area contributed by atoms with Crippen LogP contribution in [0.1, 0.15) is 42.3 Å². The van der Waals surface area contributed by atoms with Crippen molar-refractivity contribution < 1.29 is 9.21 Å². The fraction of sp³-hybridized carbons (Fsp3) is 0.667. The molecular formula is C15H24N2O2. The van der Waals surface area contributed by atoms with E-state index in [1.54, 1.807) is 12.3 Å². The summed E-state index contributed by atoms with van der Waals surface area (Å²) < 4.78 is 5.25. The number of hydrogen-bond donors (Lipinski definition) is 1. The van der Waals surface area contributed by atoms with Crippen molar-refractivity contribution in [2.45, 2.75) is 33.1 Å². The van der Waals surface area contributed by atoms with Gasteiger partial charge in [-0.1, -0.05) is 6.92 Å². The minimum absolute atomic E-state index is 0.117. The van der Waals surface area contributed by atoms with E-state index < -0.39 is 0 Å². The average Bonchev–Trinajstić information content (AvgIpc) is 2.85. The molecular weight excluding hydrogens is 240 g/mol. The molecule has 1 aromatic rings. The van der Waals surface area contributed by atoms with Gasteiger partial charge in [0.1, 0.15) is 5.76 Å². The van der Waals surface area contributed by atoms with Crippen molar-refractivity contribution in [1.82, 2.24) is 10.2 Å². The molecule has 4 heteroatoms. The Balaban J connectivity index is 2.02. The normalized spacial score (nSPS) is 16.5. The molecule has 2 heterocycles. The van der Waals surface area contributed by atoms with Gasteiger partial charge in [-0.2, -0.15) is 0 Å². The summed E-state index contributed by atoms with van der Waals surface area (Å²) >= 11 is 0. The summed E-state index contributed by atoms with van der Waals surface area (Å²) in [5.74, 6) is 1.46. The Kier molecular flexibility index (Phi) is 5.02. The molecule has 0 unspecified atom stereocenters. The molecule has 0 radical (unpaired) electrons. The van der Waals surface area contributed by atoms with Crippen LogP contribution in [0, 0.1) is 12.8 Å². The highest BCUT2D eigenvalue weighted by Gasteiger charge is 2.23. The van der Waals surface area contributed by atoms with Crippen molar-refractivity contribution in [3.05, 3.63) is 23.7 Å². The number of piperidine rings is 1. The summed E-state index contributed by atoms with van der Waals surface area (Å²) in [7, 11) is 0. The summed E-state index contributed by atoms with van der Waals surface area (Å²) in [4.78, 5) is 14.5. The predicted octanol–water partition coefficient (Wildman–Crippen LogP) is 2.44. The molecule has 19 heavy (non-hydrogen) atoms. The lowest BCUT2D eigenvalue weighted by molar-refractivity contribution is 0.0714. The number of carbonyl (C=O) groups excluding carboxylic acids is 1. The third kappa shape index (κ3) is 3.60. The van der Waals surface area contributed by atoms with E-state index in [1.807, 2.05) is 11.8 Å². The van der Waals surface area contributed by atoms with Crippen LogP contribution < -0.4 is 5.32 Å². The van der Waals surface area contributed by atoms with E-state index in [0.717, 1.165) is 51.2 Å². The summed E-state index contributed by atoms with van der Waals surface area (Å²) in [6.45, 7) is 7.81. The monoisotopic (exact) mass is 264 g/mol. The molecule has 1 aliphatic heterocycles. The number of hydrogen-bond acceptors (Lipinski definition) is 3. The lowest BCUT2D eigenvalue weighted by Crippen LogP contribution is -2.39. The average molecular weight is 264 g/mol. The molecule has 1 saturated heterocycles. The molecule has 0 spiro atoms. The van der Waals surface area contributed by atoms with E-state index in [0.29, 0.717) is 11.5 Å². The zero-order valence-electron chi connectivity index (χ0n) is 11.9. The smallest absolute Gasteiger partial charge is 0.257 e. The van der Waals surface area contributed by atoms with Crippen LogP contribution in [0.15, 0.2) is 16.7 Å². The van der Waals surface area contributed by atoms with Gasteiger partial charge in [0, 0.05) is 13.1 Å². The van der Waals surface area contributed by atoms with E-state index >= 15 is 0 Å². The van der Waals surface area contributed by atoms with Gasteiger partial charge in [-0.05, 0) is 51.3 Å². The number of nitrogens with one attached hydrogen (secondary N) is 1. The Morgan fingerprint density at radius 1 is 1.47 bits per heavy atom. The van der Waals surface area contributed by atoms with Crippen LogP contribution in [0.3, 0.4) is 0 Å². The first-order chi connectivity index (χ1) is 9.22. The zero-order valence-corrected chi connectivity index (χ0v) is 11.9. The fourth-order valence-electron chi connectivity index (χ4n) is 2.70. The van der Waals surface area contributed by atoms with Crippen molar-refractivity contribution in [3.8, 4) is 0 Å². The van der Waals surface area contributed by atoms with Crippen molar-refractivity contribution in [2.75, 3.05) is 26.2 Å². The Morgan fingerprint density at radius 2 is 2.21 bits per heavy atom. The van der Waals surface area contributed by atoms with E-state index in [4.69, 9.17) is 4.42 Å². The zero-order chi connectivity index (χ0) is 13.7. The largest absolute Gasteiger partial charge is 0.469 e. The van der Waals surface area contributed by atoms with Crippen LogP contribution in [-0.2, 0) is 0 Å².